The summed E-state index contributed by atoms with van der Waals surface area (Å²) in [4.78, 5) is 32.4. The molecule has 8 heterocycles. The van der Waals surface area contributed by atoms with Gasteiger partial charge in [-0.25, -0.2) is 50.2 Å². The molecule has 0 radical (unpaired) electrons. The second kappa shape index (κ2) is 31.8. The largest absolute Gasteiger partial charge is 0.504 e. The number of hydrogen-bond acceptors (Lipinski definition) is 22. The number of anilines is 1. The maximum atomic E-state index is 14.8. The highest BCUT2D eigenvalue weighted by atomic mass is 35.5. The van der Waals surface area contributed by atoms with E-state index in [1.165, 1.54) is 54.2 Å². The Kier molecular flexibility index (Phi) is 24.7. The number of thiol groups is 1. The van der Waals surface area contributed by atoms with E-state index in [1.807, 2.05) is 57.2 Å². The van der Waals surface area contributed by atoms with Gasteiger partial charge >= 0.3 is 10.5 Å². The second-order valence-electron chi connectivity index (χ2n) is 27.6. The number of aromatic nitrogens is 8. The van der Waals surface area contributed by atoms with Crippen LogP contribution in [-0.2, 0) is 67.4 Å². The van der Waals surface area contributed by atoms with Crippen LogP contribution in [0.4, 0.5) is 23.2 Å². The fraction of sp³-hybridized carbons (Fsp3) is 0.260. The van der Waals surface area contributed by atoms with Crippen molar-refractivity contribution in [2.45, 2.75) is 151 Å². The fourth-order valence-electron chi connectivity index (χ4n) is 9.39. The number of benzene rings is 5. The first-order valence-corrected chi connectivity index (χ1v) is 39.6. The van der Waals surface area contributed by atoms with Crippen LogP contribution in [-0.4, -0.2) is 70.2 Å². The number of nitrogens with two attached hydrogens (primary N) is 1. The van der Waals surface area contributed by atoms with Crippen LogP contribution in [0.1, 0.15) is 124 Å². The summed E-state index contributed by atoms with van der Waals surface area (Å²) in [7, 11) is -14.3. The normalized spacial score (nSPS) is 12.6. The van der Waals surface area contributed by atoms with Crippen LogP contribution in [0.15, 0.2) is 205 Å². The SMILES string of the molecule is CC(C)(C)c1nc2ccc(Cl)c(S(=O)(=O)C(F)(F)c3ccccn3)c2o1.CC(C)(C)c1nc2ccc(Cl)c(S(=O)(=O)Cc3ccccn3)c2o1.CC(C)(C)c1nc2ccc(Cl)c(S)c2o1.CC(C)(C)c1nc2ccc(Cl)c(Sc3ccccn3)c2o1.Nc1ccc(Cl)c(S(=O)(=O)C(F)(F)c2ccccn2)c1O. The van der Waals surface area contributed by atoms with E-state index in [1.54, 1.807) is 63.5 Å². The van der Waals surface area contributed by atoms with Gasteiger partial charge in [-0.2, -0.15) is 17.6 Å². The Labute approximate surface area is 648 Å². The minimum absolute atomic E-state index is 0.0321. The summed E-state index contributed by atoms with van der Waals surface area (Å²) in [6, 6.07) is 33.3. The lowest BCUT2D eigenvalue weighted by Gasteiger charge is -2.18. The smallest absolute Gasteiger partial charge is 0.391 e. The van der Waals surface area contributed by atoms with Crippen LogP contribution in [0.3, 0.4) is 0 Å². The Hall–Kier alpha value is -8.10. The maximum absolute atomic E-state index is 14.8. The van der Waals surface area contributed by atoms with E-state index in [4.69, 9.17) is 81.4 Å². The van der Waals surface area contributed by atoms with Crippen LogP contribution >= 0.6 is 82.4 Å². The predicted octanol–water partition coefficient (Wildman–Crippen LogP) is 20.8. The Morgan fingerprint density at radius 3 is 1.21 bits per heavy atom. The molecule has 13 aromatic rings. The first-order chi connectivity index (χ1) is 49.7. The Bertz CT molecular complexity index is 5770. The summed E-state index contributed by atoms with van der Waals surface area (Å²) in [5.74, 6) is 0.829. The minimum atomic E-state index is -5.33. The van der Waals surface area contributed by atoms with Crippen molar-refractivity contribution < 1.29 is 65.6 Å². The molecule has 13 rings (SSSR count). The van der Waals surface area contributed by atoms with E-state index in [9.17, 15) is 47.9 Å². The van der Waals surface area contributed by atoms with Crippen molar-refractivity contribution in [1.82, 2.24) is 39.9 Å². The fourth-order valence-corrected chi connectivity index (χ4v) is 16.5. The molecule has 0 fully saturated rings. The summed E-state index contributed by atoms with van der Waals surface area (Å²) >= 11 is 35.9. The Morgan fingerprint density at radius 2 is 0.785 bits per heavy atom. The number of hydrogen-bond donors (Lipinski definition) is 3. The van der Waals surface area contributed by atoms with Crippen molar-refractivity contribution in [3.63, 3.8) is 0 Å². The quantitative estimate of drug-likeness (QED) is 0.0469. The zero-order valence-corrected chi connectivity index (χ0v) is 66.8. The Morgan fingerprint density at radius 1 is 0.430 bits per heavy atom. The van der Waals surface area contributed by atoms with Crippen LogP contribution < -0.4 is 5.73 Å². The van der Waals surface area contributed by atoms with Gasteiger partial charge < -0.3 is 28.5 Å². The van der Waals surface area contributed by atoms with E-state index in [-0.39, 0.29) is 65.2 Å². The van der Waals surface area contributed by atoms with E-state index < -0.39 is 77.4 Å². The van der Waals surface area contributed by atoms with Crippen molar-refractivity contribution in [1.29, 1.82) is 0 Å². The van der Waals surface area contributed by atoms with Crippen molar-refractivity contribution in [3.05, 3.63) is 224 Å². The zero-order valence-electron chi connectivity index (χ0n) is 58.9. The van der Waals surface area contributed by atoms with E-state index in [0.29, 0.717) is 49.4 Å². The molecule has 0 saturated carbocycles. The van der Waals surface area contributed by atoms with Crippen molar-refractivity contribution in [2.24, 2.45) is 0 Å². The molecule has 564 valence electrons. The zero-order chi connectivity index (χ0) is 79.0. The van der Waals surface area contributed by atoms with E-state index >= 15 is 0 Å². The second-order valence-corrected chi connectivity index (χ2v) is 36.9. The number of phenols is 1. The highest BCUT2D eigenvalue weighted by Crippen LogP contribution is 2.48. The number of sulfone groups is 3. The molecule has 0 bridgehead atoms. The molecule has 5 aromatic carbocycles. The number of halogens is 9. The molecule has 0 unspecified atom stereocenters. The molecule has 0 saturated heterocycles. The van der Waals surface area contributed by atoms with Crippen LogP contribution in [0.25, 0.3) is 44.4 Å². The molecular weight excluding hydrogens is 1590 g/mol. The monoisotopic (exact) mass is 1660 g/mol. The third-order valence-electron chi connectivity index (χ3n) is 14.9. The first kappa shape index (κ1) is 82.9. The number of phenolic OH excluding ortho intramolecular Hbond substituents is 1. The van der Waals surface area contributed by atoms with E-state index in [2.05, 4.69) is 94.0 Å². The number of oxazole rings is 4. The summed E-state index contributed by atoms with van der Waals surface area (Å²) in [6.07, 6.45) is 5.43. The molecular formula is C73H68Cl5F4N9O11S5. The van der Waals surface area contributed by atoms with Gasteiger partial charge in [0.2, 0.25) is 23.6 Å². The lowest BCUT2D eigenvalue weighted by Crippen LogP contribution is -2.28. The first-order valence-electron chi connectivity index (χ1n) is 31.8. The van der Waals surface area contributed by atoms with Gasteiger partial charge in [-0.15, -0.1) is 12.6 Å². The highest BCUT2D eigenvalue weighted by molar-refractivity contribution is 7.99. The number of rotatable bonds is 11. The number of aromatic hydroxyl groups is 1. The number of pyridine rings is 4. The highest BCUT2D eigenvalue weighted by Gasteiger charge is 2.53. The lowest BCUT2D eigenvalue weighted by atomic mass is 9.97. The molecule has 0 spiro atoms. The molecule has 0 aliphatic carbocycles. The summed E-state index contributed by atoms with van der Waals surface area (Å²) in [6.45, 7) is 23.6. The molecule has 0 atom stereocenters. The molecule has 20 nitrogen and oxygen atoms in total. The molecule has 0 amide bonds. The summed E-state index contributed by atoms with van der Waals surface area (Å²) in [5.41, 5.74) is 5.91. The maximum Gasteiger partial charge on any atom is 0.391 e. The van der Waals surface area contributed by atoms with E-state index in [0.717, 1.165) is 63.2 Å². The molecule has 8 aromatic heterocycles. The van der Waals surface area contributed by atoms with Gasteiger partial charge in [0.05, 0.1) is 52.0 Å². The standard InChI is InChI=1S/C17H15ClF2N2O3S.C17H17ClN2O3S.C16H15ClN2OS.C12H9ClF2N2O3S.C11H12ClNOS/c1-16(2,3)15-22-11-8-7-10(18)14(13(11)25-15)26(23,24)17(19,20)12-6-4-5-9-21-12;1-17(2,3)16-20-13-8-7-12(18)15(14(13)23-16)24(21,22)10-11-6-4-5-9-19-11;1-16(2,3)15-19-11-8-7-10(17)14(13(11)20-15)21-12-6-4-5-9-18-12;13-7-4-5-8(16)10(18)11(7)21(19,20)12(14,15)9-3-1-2-6-17-9;1-11(2,3)10-13-7-5-4-6(12)9(15)8(7)14-10/h4-9H,1-3H3;4-9H,10H2,1-3H3;4-9H,1-3H3;1-6,18H,16H2;4-5,15H,1-3H3. The predicted molar refractivity (Wildman–Crippen MR) is 410 cm³/mol. The van der Waals surface area contributed by atoms with Crippen LogP contribution in [0.5, 0.6) is 5.75 Å². The van der Waals surface area contributed by atoms with Crippen molar-refractivity contribution >= 4 is 162 Å². The molecule has 107 heavy (non-hydrogen) atoms. The van der Waals surface area contributed by atoms with Crippen LogP contribution in [0.2, 0.25) is 25.1 Å². The van der Waals surface area contributed by atoms with Gasteiger partial charge in [0.1, 0.15) is 53.2 Å². The number of alkyl halides is 4. The van der Waals surface area contributed by atoms with Gasteiger partial charge in [0, 0.05) is 46.4 Å². The van der Waals surface area contributed by atoms with Gasteiger partial charge in [-0.1, -0.05) is 177 Å². The average Bonchev–Trinajstić information content (AvgIpc) is 1.69. The van der Waals surface area contributed by atoms with Crippen molar-refractivity contribution in [3.8, 4) is 5.75 Å². The van der Waals surface area contributed by atoms with Crippen molar-refractivity contribution in [2.75, 3.05) is 5.73 Å². The molecule has 0 aliphatic rings. The molecule has 3 N–H and O–H groups in total. The number of nitrogens with zero attached hydrogens (tertiary/aromatic N) is 8. The third kappa shape index (κ3) is 18.3. The topological polar surface area (TPSA) is 304 Å². The van der Waals surface area contributed by atoms with Gasteiger partial charge in [0.25, 0.3) is 19.7 Å². The molecule has 0 aliphatic heterocycles. The minimum Gasteiger partial charge on any atom is -0.504 e. The molecule has 34 heteroatoms. The summed E-state index contributed by atoms with van der Waals surface area (Å²) < 4.78 is 157. The summed E-state index contributed by atoms with van der Waals surface area (Å²) in [5, 5.41) is 2.32. The number of nitrogen functional groups attached to an aromatic ring is 1. The van der Waals surface area contributed by atoms with Gasteiger partial charge in [-0.05, 0) is 109 Å². The number of fused-ring (bicyclic) bond motifs is 4. The van der Waals surface area contributed by atoms with Gasteiger partial charge in [0.15, 0.2) is 37.9 Å². The Balaban J connectivity index is 0.000000156. The lowest BCUT2D eigenvalue weighted by molar-refractivity contribution is 0.0852. The van der Waals surface area contributed by atoms with Crippen LogP contribution in [0, 0.1) is 0 Å². The average molecular weight is 1660 g/mol. The van der Waals surface area contributed by atoms with Gasteiger partial charge in [-0.3, -0.25) is 15.0 Å². The third-order valence-corrected chi connectivity index (χ3v) is 23.9.